The third-order valence-corrected chi connectivity index (χ3v) is 3.09. The van der Waals surface area contributed by atoms with Gasteiger partial charge in [-0.1, -0.05) is 35.9 Å². The molecule has 1 N–H and O–H groups in total. The van der Waals surface area contributed by atoms with Crippen LogP contribution < -0.4 is 5.32 Å². The molecule has 0 aromatic heterocycles. The van der Waals surface area contributed by atoms with E-state index in [9.17, 15) is 0 Å². The van der Waals surface area contributed by atoms with Gasteiger partial charge in [-0.15, -0.1) is 6.58 Å². The molecule has 15 heavy (non-hydrogen) atoms. The monoisotopic (exact) mass is 221 g/mol. The van der Waals surface area contributed by atoms with E-state index in [1.165, 1.54) is 11.1 Å². The minimum absolute atomic E-state index is 0.908. The van der Waals surface area contributed by atoms with Gasteiger partial charge < -0.3 is 5.32 Å². The summed E-state index contributed by atoms with van der Waals surface area (Å²) < 4.78 is 0. The van der Waals surface area contributed by atoms with Crippen LogP contribution in [0.15, 0.2) is 36.9 Å². The lowest BCUT2D eigenvalue weighted by molar-refractivity contribution is 0.807. The van der Waals surface area contributed by atoms with Crippen LogP contribution in [0.5, 0.6) is 0 Å². The molecule has 0 aliphatic rings. The molecule has 0 aliphatic carbocycles. The number of nitrogens with one attached hydrogen (secondary N) is 1. The Morgan fingerprint density at radius 2 is 2.33 bits per heavy atom. The van der Waals surface area contributed by atoms with Crippen molar-refractivity contribution in [3.63, 3.8) is 0 Å². The molecule has 0 unspecified atom stereocenters. The van der Waals surface area contributed by atoms with Crippen LogP contribution in [0, 0.1) is 6.92 Å². The Balaban J connectivity index is 2.12. The van der Waals surface area contributed by atoms with Crippen molar-refractivity contribution in [1.82, 2.24) is 5.32 Å². The summed E-state index contributed by atoms with van der Waals surface area (Å²) in [4.78, 5) is 0. The van der Waals surface area contributed by atoms with Crippen molar-refractivity contribution in [1.29, 1.82) is 0 Å². The maximum atomic E-state index is 3.67. The number of hydrogen-bond donors (Lipinski definition) is 1. The molecular weight excluding hydrogens is 202 g/mol. The Labute approximate surface area is 97.0 Å². The van der Waals surface area contributed by atoms with Crippen LogP contribution in [-0.4, -0.2) is 18.8 Å². The number of hydrogen-bond acceptors (Lipinski definition) is 2. The molecule has 0 bridgehead atoms. The van der Waals surface area contributed by atoms with Gasteiger partial charge >= 0.3 is 0 Å². The summed E-state index contributed by atoms with van der Waals surface area (Å²) in [6, 6.07) is 8.71. The summed E-state index contributed by atoms with van der Waals surface area (Å²) in [6.07, 6.45) is 1.89. The van der Waals surface area contributed by atoms with Crippen LogP contribution in [0.4, 0.5) is 0 Å². The predicted molar refractivity (Wildman–Crippen MR) is 70.4 cm³/mol. The maximum Gasteiger partial charge on any atom is 0.0185 e. The van der Waals surface area contributed by atoms with Gasteiger partial charge in [0.05, 0.1) is 0 Å². The smallest absolute Gasteiger partial charge is 0.0185 e. The standard InChI is InChI=1S/C13H19NS/c1-3-7-14-8-9-15-11-13-6-4-5-12(2)10-13/h3-6,10,14H,1,7-9,11H2,2H3. The molecule has 0 heterocycles. The average molecular weight is 221 g/mol. The molecule has 1 aromatic carbocycles. The Morgan fingerprint density at radius 1 is 1.47 bits per heavy atom. The van der Waals surface area contributed by atoms with Crippen molar-refractivity contribution < 1.29 is 0 Å². The Bertz CT molecular complexity index is 296. The van der Waals surface area contributed by atoms with Gasteiger partial charge in [-0.25, -0.2) is 0 Å². The van der Waals surface area contributed by atoms with Crippen LogP contribution in [0.2, 0.25) is 0 Å². The van der Waals surface area contributed by atoms with Gasteiger partial charge in [-0.3, -0.25) is 0 Å². The molecule has 82 valence electrons. The number of aryl methyl sites for hydroxylation is 1. The van der Waals surface area contributed by atoms with E-state index in [1.54, 1.807) is 0 Å². The topological polar surface area (TPSA) is 12.0 Å². The molecular formula is C13H19NS. The van der Waals surface area contributed by atoms with E-state index in [2.05, 4.69) is 43.1 Å². The third-order valence-electron chi connectivity index (χ3n) is 2.06. The van der Waals surface area contributed by atoms with E-state index in [0.717, 1.165) is 24.6 Å². The Kier molecular flexibility index (Phi) is 6.21. The second-order valence-corrected chi connectivity index (χ2v) is 4.64. The first-order valence-electron chi connectivity index (χ1n) is 5.28. The van der Waals surface area contributed by atoms with Gasteiger partial charge in [-0.2, -0.15) is 11.8 Å². The molecule has 0 amide bonds. The Morgan fingerprint density at radius 3 is 3.07 bits per heavy atom. The first kappa shape index (κ1) is 12.3. The number of rotatable bonds is 7. The maximum absolute atomic E-state index is 3.67. The number of benzene rings is 1. The van der Waals surface area contributed by atoms with Crippen LogP contribution in [-0.2, 0) is 5.75 Å². The normalized spacial score (nSPS) is 10.2. The summed E-state index contributed by atoms with van der Waals surface area (Å²) in [5.74, 6) is 2.26. The van der Waals surface area contributed by atoms with E-state index in [1.807, 2.05) is 17.8 Å². The lowest BCUT2D eigenvalue weighted by atomic mass is 10.2. The summed E-state index contributed by atoms with van der Waals surface area (Å²) in [6.45, 7) is 7.77. The van der Waals surface area contributed by atoms with Crippen LogP contribution in [0.1, 0.15) is 11.1 Å². The van der Waals surface area contributed by atoms with E-state index < -0.39 is 0 Å². The van der Waals surface area contributed by atoms with Crippen molar-refractivity contribution in [3.8, 4) is 0 Å². The van der Waals surface area contributed by atoms with Crippen molar-refractivity contribution in [2.75, 3.05) is 18.8 Å². The molecule has 0 saturated carbocycles. The molecule has 0 saturated heterocycles. The quantitative estimate of drug-likeness (QED) is 0.561. The Hall–Kier alpha value is -0.730. The summed E-state index contributed by atoms with van der Waals surface area (Å²) in [5, 5.41) is 3.29. The molecule has 0 atom stereocenters. The lowest BCUT2D eigenvalue weighted by Crippen LogP contribution is -2.16. The zero-order valence-electron chi connectivity index (χ0n) is 9.33. The zero-order chi connectivity index (χ0) is 10.9. The summed E-state index contributed by atoms with van der Waals surface area (Å²) >= 11 is 1.97. The van der Waals surface area contributed by atoms with Gasteiger partial charge in [0.2, 0.25) is 0 Å². The highest BCUT2D eigenvalue weighted by molar-refractivity contribution is 7.98. The number of thioether (sulfide) groups is 1. The van der Waals surface area contributed by atoms with Gasteiger partial charge in [0.1, 0.15) is 0 Å². The van der Waals surface area contributed by atoms with Gasteiger partial charge in [0.25, 0.3) is 0 Å². The van der Waals surface area contributed by atoms with Crippen molar-refractivity contribution in [3.05, 3.63) is 48.0 Å². The molecule has 0 aliphatic heterocycles. The second kappa shape index (κ2) is 7.55. The molecule has 1 rings (SSSR count). The molecule has 2 heteroatoms. The van der Waals surface area contributed by atoms with Crippen LogP contribution in [0.25, 0.3) is 0 Å². The average Bonchev–Trinajstić information content (AvgIpc) is 2.23. The van der Waals surface area contributed by atoms with Crippen LogP contribution in [0.3, 0.4) is 0 Å². The molecule has 0 radical (unpaired) electrons. The van der Waals surface area contributed by atoms with E-state index in [0.29, 0.717) is 0 Å². The molecule has 0 spiro atoms. The predicted octanol–water partition coefficient (Wildman–Crippen LogP) is 3.00. The van der Waals surface area contributed by atoms with Crippen molar-refractivity contribution in [2.24, 2.45) is 0 Å². The van der Waals surface area contributed by atoms with E-state index in [-0.39, 0.29) is 0 Å². The highest BCUT2D eigenvalue weighted by Crippen LogP contribution is 2.12. The third kappa shape index (κ3) is 5.65. The molecule has 1 aromatic rings. The first-order valence-corrected chi connectivity index (χ1v) is 6.43. The molecule has 1 nitrogen and oxygen atoms in total. The van der Waals surface area contributed by atoms with Crippen molar-refractivity contribution >= 4 is 11.8 Å². The first-order chi connectivity index (χ1) is 7.33. The largest absolute Gasteiger partial charge is 0.312 e. The minimum Gasteiger partial charge on any atom is -0.312 e. The van der Waals surface area contributed by atoms with E-state index >= 15 is 0 Å². The van der Waals surface area contributed by atoms with Crippen LogP contribution >= 0.6 is 11.8 Å². The van der Waals surface area contributed by atoms with Crippen molar-refractivity contribution in [2.45, 2.75) is 12.7 Å². The van der Waals surface area contributed by atoms with Gasteiger partial charge in [-0.05, 0) is 12.5 Å². The fourth-order valence-corrected chi connectivity index (χ4v) is 2.19. The van der Waals surface area contributed by atoms with Gasteiger partial charge in [0.15, 0.2) is 0 Å². The van der Waals surface area contributed by atoms with Gasteiger partial charge in [0, 0.05) is 24.6 Å². The zero-order valence-corrected chi connectivity index (χ0v) is 10.1. The highest BCUT2D eigenvalue weighted by atomic mass is 32.2. The molecule has 0 fully saturated rings. The summed E-state index contributed by atoms with van der Waals surface area (Å²) in [5.41, 5.74) is 2.77. The summed E-state index contributed by atoms with van der Waals surface area (Å²) in [7, 11) is 0. The highest BCUT2D eigenvalue weighted by Gasteiger charge is 1.93. The lowest BCUT2D eigenvalue weighted by Gasteiger charge is -2.03. The fourth-order valence-electron chi connectivity index (χ4n) is 1.34. The second-order valence-electron chi connectivity index (χ2n) is 3.53. The fraction of sp³-hybridized carbons (Fsp3) is 0.385. The SMILES string of the molecule is C=CCNCCSCc1cccc(C)c1. The minimum atomic E-state index is 0.908. The van der Waals surface area contributed by atoms with E-state index in [4.69, 9.17) is 0 Å².